The van der Waals surface area contributed by atoms with E-state index in [9.17, 15) is 0 Å². The van der Waals surface area contributed by atoms with Crippen LogP contribution in [0.1, 0.15) is 17.2 Å². The molecule has 6 heteroatoms. The number of hydrogen-bond donors (Lipinski definition) is 1. The van der Waals surface area contributed by atoms with Crippen LogP contribution >= 0.6 is 15.9 Å². The molecule has 1 aromatic heterocycles. The van der Waals surface area contributed by atoms with Crippen LogP contribution < -0.4 is 14.8 Å². The summed E-state index contributed by atoms with van der Waals surface area (Å²) in [6, 6.07) is 8.59. The number of pyridine rings is 1. The van der Waals surface area contributed by atoms with Crippen molar-refractivity contribution in [3.63, 3.8) is 0 Å². The van der Waals surface area contributed by atoms with E-state index in [2.05, 4.69) is 43.3 Å². The largest absolute Gasteiger partial charge is 0.486 e. The van der Waals surface area contributed by atoms with E-state index in [0.29, 0.717) is 19.3 Å². The van der Waals surface area contributed by atoms with Crippen molar-refractivity contribution in [2.75, 3.05) is 32.8 Å². The minimum absolute atomic E-state index is 0.326. The fraction of sp³-hybridized carbons (Fsp3) is 0.389. The molecule has 0 bridgehead atoms. The lowest BCUT2D eigenvalue weighted by molar-refractivity contribution is 0.151. The third-order valence-corrected chi connectivity index (χ3v) is 5.25. The van der Waals surface area contributed by atoms with Crippen molar-refractivity contribution in [3.05, 3.63) is 52.3 Å². The van der Waals surface area contributed by atoms with Gasteiger partial charge in [-0.1, -0.05) is 22.0 Å². The standard InChI is InChI=1S/C18H20BrN3O2/c19-15-9-18-17(23-6-7-24-18)8-14(15)12-22-5-4-21-11-16(22)13-2-1-3-20-10-13/h1-3,8-10,16,21H,4-7,11-12H2. The van der Waals surface area contributed by atoms with Crippen LogP contribution in [0.3, 0.4) is 0 Å². The van der Waals surface area contributed by atoms with Crippen molar-refractivity contribution < 1.29 is 9.47 Å². The Bertz CT molecular complexity index is 711. The highest BCUT2D eigenvalue weighted by Gasteiger charge is 2.25. The minimum atomic E-state index is 0.326. The summed E-state index contributed by atoms with van der Waals surface area (Å²) in [5, 5.41) is 3.49. The van der Waals surface area contributed by atoms with E-state index in [1.165, 1.54) is 11.1 Å². The topological polar surface area (TPSA) is 46.6 Å². The van der Waals surface area contributed by atoms with Gasteiger partial charge in [-0.15, -0.1) is 0 Å². The molecule has 0 spiro atoms. The van der Waals surface area contributed by atoms with Gasteiger partial charge in [0.05, 0.1) is 0 Å². The predicted octanol–water partition coefficient (Wildman–Crippen LogP) is 2.76. The van der Waals surface area contributed by atoms with Crippen molar-refractivity contribution >= 4 is 15.9 Å². The molecule has 126 valence electrons. The van der Waals surface area contributed by atoms with Gasteiger partial charge in [-0.3, -0.25) is 9.88 Å². The molecule has 3 heterocycles. The number of piperazine rings is 1. The molecule has 5 nitrogen and oxygen atoms in total. The summed E-state index contributed by atoms with van der Waals surface area (Å²) in [5.41, 5.74) is 2.47. The zero-order valence-corrected chi connectivity index (χ0v) is 15.0. The molecule has 1 aromatic carbocycles. The lowest BCUT2D eigenvalue weighted by Gasteiger charge is -2.36. The monoisotopic (exact) mass is 389 g/mol. The van der Waals surface area contributed by atoms with Crippen LogP contribution in [0.15, 0.2) is 41.1 Å². The lowest BCUT2D eigenvalue weighted by atomic mass is 10.0. The van der Waals surface area contributed by atoms with Crippen LogP contribution in [-0.2, 0) is 6.54 Å². The second-order valence-electron chi connectivity index (χ2n) is 6.06. The number of rotatable bonds is 3. The van der Waals surface area contributed by atoms with Crippen LogP contribution in [0.4, 0.5) is 0 Å². The Morgan fingerprint density at radius 2 is 2.08 bits per heavy atom. The molecule has 0 saturated carbocycles. The number of halogens is 1. The van der Waals surface area contributed by atoms with Gasteiger partial charge in [-0.05, 0) is 29.3 Å². The van der Waals surface area contributed by atoms with Crippen molar-refractivity contribution in [3.8, 4) is 11.5 Å². The first-order valence-corrected chi connectivity index (χ1v) is 9.03. The molecule has 0 aliphatic carbocycles. The molecule has 2 aliphatic heterocycles. The van der Waals surface area contributed by atoms with Crippen molar-refractivity contribution in [1.82, 2.24) is 15.2 Å². The molecule has 4 rings (SSSR count). The number of nitrogens with one attached hydrogen (secondary N) is 1. The Balaban J connectivity index is 1.59. The number of fused-ring (bicyclic) bond motifs is 1. The highest BCUT2D eigenvalue weighted by atomic mass is 79.9. The first-order valence-electron chi connectivity index (χ1n) is 8.24. The van der Waals surface area contributed by atoms with Crippen molar-refractivity contribution in [1.29, 1.82) is 0 Å². The van der Waals surface area contributed by atoms with Gasteiger partial charge in [0, 0.05) is 49.1 Å². The summed E-state index contributed by atoms with van der Waals surface area (Å²) < 4.78 is 12.5. The fourth-order valence-corrected chi connectivity index (χ4v) is 3.73. The van der Waals surface area contributed by atoms with Gasteiger partial charge in [-0.2, -0.15) is 0 Å². The van der Waals surface area contributed by atoms with Crippen LogP contribution in [0.25, 0.3) is 0 Å². The Labute approximate surface area is 150 Å². The van der Waals surface area contributed by atoms with Crippen LogP contribution in [-0.4, -0.2) is 42.7 Å². The smallest absolute Gasteiger partial charge is 0.162 e. The van der Waals surface area contributed by atoms with E-state index in [0.717, 1.165) is 42.2 Å². The van der Waals surface area contributed by atoms with E-state index in [1.807, 2.05) is 24.5 Å². The molecule has 1 saturated heterocycles. The van der Waals surface area contributed by atoms with E-state index < -0.39 is 0 Å². The Morgan fingerprint density at radius 3 is 2.88 bits per heavy atom. The molecular formula is C18H20BrN3O2. The molecule has 2 aliphatic rings. The summed E-state index contributed by atoms with van der Waals surface area (Å²) in [6.07, 6.45) is 3.78. The van der Waals surface area contributed by atoms with Gasteiger partial charge in [0.25, 0.3) is 0 Å². The molecule has 0 amide bonds. The normalized spacial score (nSPS) is 20.8. The maximum absolute atomic E-state index is 5.73. The van der Waals surface area contributed by atoms with E-state index in [4.69, 9.17) is 9.47 Å². The number of nitrogens with zero attached hydrogens (tertiary/aromatic N) is 2. The molecule has 1 atom stereocenters. The second kappa shape index (κ2) is 7.09. The van der Waals surface area contributed by atoms with E-state index in [1.54, 1.807) is 0 Å². The summed E-state index contributed by atoms with van der Waals surface area (Å²) in [5.74, 6) is 1.66. The predicted molar refractivity (Wildman–Crippen MR) is 95.4 cm³/mol. The first kappa shape index (κ1) is 15.9. The van der Waals surface area contributed by atoms with Gasteiger partial charge in [0.2, 0.25) is 0 Å². The maximum atomic E-state index is 5.73. The Morgan fingerprint density at radius 1 is 1.25 bits per heavy atom. The number of aromatic nitrogens is 1. The summed E-state index contributed by atoms with van der Waals surface area (Å²) in [7, 11) is 0. The zero-order valence-electron chi connectivity index (χ0n) is 13.4. The van der Waals surface area contributed by atoms with Crippen molar-refractivity contribution in [2.24, 2.45) is 0 Å². The van der Waals surface area contributed by atoms with Crippen molar-refractivity contribution in [2.45, 2.75) is 12.6 Å². The van der Waals surface area contributed by atoms with Gasteiger partial charge < -0.3 is 14.8 Å². The van der Waals surface area contributed by atoms with Gasteiger partial charge in [0.15, 0.2) is 11.5 Å². The molecule has 2 aromatic rings. The average Bonchev–Trinajstić information content (AvgIpc) is 2.63. The molecule has 0 radical (unpaired) electrons. The molecular weight excluding hydrogens is 370 g/mol. The van der Waals surface area contributed by atoms with Crippen LogP contribution in [0.5, 0.6) is 11.5 Å². The van der Waals surface area contributed by atoms with Gasteiger partial charge in [-0.25, -0.2) is 0 Å². The minimum Gasteiger partial charge on any atom is -0.486 e. The fourth-order valence-electron chi connectivity index (χ4n) is 3.28. The maximum Gasteiger partial charge on any atom is 0.162 e. The van der Waals surface area contributed by atoms with Gasteiger partial charge in [0.1, 0.15) is 13.2 Å². The number of hydrogen-bond acceptors (Lipinski definition) is 5. The number of benzene rings is 1. The summed E-state index contributed by atoms with van der Waals surface area (Å²) in [4.78, 5) is 6.77. The Kier molecular flexibility index (Phi) is 4.69. The third kappa shape index (κ3) is 3.27. The summed E-state index contributed by atoms with van der Waals surface area (Å²) in [6.45, 7) is 5.02. The van der Waals surface area contributed by atoms with E-state index >= 15 is 0 Å². The Hall–Kier alpha value is -1.63. The first-order chi connectivity index (χ1) is 11.8. The highest BCUT2D eigenvalue weighted by molar-refractivity contribution is 9.10. The lowest BCUT2D eigenvalue weighted by Crippen LogP contribution is -2.45. The number of ether oxygens (including phenoxy) is 2. The molecule has 1 N–H and O–H groups in total. The zero-order chi connectivity index (χ0) is 16.4. The van der Waals surface area contributed by atoms with Crippen LogP contribution in [0.2, 0.25) is 0 Å². The highest BCUT2D eigenvalue weighted by Crippen LogP contribution is 2.37. The quantitative estimate of drug-likeness (QED) is 0.874. The second-order valence-corrected chi connectivity index (χ2v) is 6.92. The molecule has 24 heavy (non-hydrogen) atoms. The summed E-state index contributed by atoms with van der Waals surface area (Å²) >= 11 is 3.69. The average molecular weight is 390 g/mol. The SMILES string of the molecule is Brc1cc2c(cc1CN1CCNCC1c1cccnc1)OCCO2. The third-order valence-electron chi connectivity index (χ3n) is 4.51. The van der Waals surface area contributed by atoms with Crippen LogP contribution in [0, 0.1) is 0 Å². The molecule has 1 unspecified atom stereocenters. The van der Waals surface area contributed by atoms with Gasteiger partial charge >= 0.3 is 0 Å². The van der Waals surface area contributed by atoms with E-state index in [-0.39, 0.29) is 0 Å². The molecule has 1 fully saturated rings.